The molecule has 2 heterocycles. The number of thiazole rings is 1. The number of fused-ring (bicyclic) bond motifs is 1. The number of rotatable bonds is 4. The average molecular weight is 286 g/mol. The van der Waals surface area contributed by atoms with Gasteiger partial charge in [-0.3, -0.25) is 0 Å². The molecule has 2 nitrogen and oxygen atoms in total. The normalized spacial score (nSPS) is 15.2. The molecule has 4 heteroatoms. The summed E-state index contributed by atoms with van der Waals surface area (Å²) in [6.45, 7) is 1.01. The van der Waals surface area contributed by atoms with E-state index in [9.17, 15) is 0 Å². The summed E-state index contributed by atoms with van der Waals surface area (Å²) < 4.78 is 1.27. The second-order valence-electron chi connectivity index (χ2n) is 4.96. The molecule has 96 valence electrons. The number of thiophene rings is 1. The van der Waals surface area contributed by atoms with Crippen LogP contribution in [-0.4, -0.2) is 11.0 Å². The Morgan fingerprint density at radius 1 is 1.21 bits per heavy atom. The standard InChI is InChI=1S/C15H14N2S2/c1-5-13-15(18-9-17-13)7-10(1)14-6-4-12(19-14)8-16-11-2-3-11/h1,4-7,9,11,16H,2-3,8H2. The minimum atomic E-state index is 0.777. The molecule has 1 fully saturated rings. The molecule has 1 aromatic carbocycles. The number of aromatic nitrogens is 1. The van der Waals surface area contributed by atoms with Crippen molar-refractivity contribution in [2.75, 3.05) is 0 Å². The maximum absolute atomic E-state index is 4.33. The number of nitrogens with one attached hydrogen (secondary N) is 1. The van der Waals surface area contributed by atoms with Crippen molar-refractivity contribution in [2.24, 2.45) is 0 Å². The van der Waals surface area contributed by atoms with Gasteiger partial charge in [-0.15, -0.1) is 22.7 Å². The SMILES string of the molecule is c1nc2ccc(-c3ccc(CNC4CC4)s3)cc2s1. The molecule has 1 aliphatic carbocycles. The van der Waals surface area contributed by atoms with Gasteiger partial charge in [0.05, 0.1) is 15.7 Å². The third-order valence-corrected chi connectivity index (χ3v) is 5.35. The van der Waals surface area contributed by atoms with E-state index in [1.807, 2.05) is 16.8 Å². The van der Waals surface area contributed by atoms with Gasteiger partial charge in [0.25, 0.3) is 0 Å². The van der Waals surface area contributed by atoms with E-state index in [2.05, 4.69) is 40.6 Å². The van der Waals surface area contributed by atoms with E-state index >= 15 is 0 Å². The first-order chi connectivity index (χ1) is 9.38. The predicted octanol–water partition coefficient (Wildman–Crippen LogP) is 4.28. The van der Waals surface area contributed by atoms with E-state index in [1.54, 1.807) is 11.3 Å². The maximum Gasteiger partial charge on any atom is 0.0812 e. The topological polar surface area (TPSA) is 24.9 Å². The molecule has 4 rings (SSSR count). The molecular weight excluding hydrogens is 272 g/mol. The molecule has 1 N–H and O–H groups in total. The van der Waals surface area contributed by atoms with Gasteiger partial charge in [-0.25, -0.2) is 4.98 Å². The Morgan fingerprint density at radius 3 is 3.05 bits per heavy atom. The third-order valence-electron chi connectivity index (χ3n) is 3.42. The van der Waals surface area contributed by atoms with Crippen LogP contribution < -0.4 is 5.32 Å². The minimum Gasteiger partial charge on any atom is -0.309 e. The van der Waals surface area contributed by atoms with Crippen molar-refractivity contribution in [3.05, 3.63) is 40.7 Å². The molecule has 1 aliphatic rings. The van der Waals surface area contributed by atoms with Gasteiger partial charge in [0.2, 0.25) is 0 Å². The molecule has 0 aliphatic heterocycles. The van der Waals surface area contributed by atoms with Crippen LogP contribution in [0.25, 0.3) is 20.7 Å². The van der Waals surface area contributed by atoms with Crippen molar-refractivity contribution < 1.29 is 0 Å². The van der Waals surface area contributed by atoms with Gasteiger partial charge in [0.1, 0.15) is 0 Å². The van der Waals surface area contributed by atoms with E-state index in [0.29, 0.717) is 0 Å². The van der Waals surface area contributed by atoms with E-state index in [-0.39, 0.29) is 0 Å². The molecule has 0 spiro atoms. The summed E-state index contributed by atoms with van der Waals surface area (Å²) in [6.07, 6.45) is 2.69. The number of hydrogen-bond donors (Lipinski definition) is 1. The smallest absolute Gasteiger partial charge is 0.0812 e. The molecule has 0 atom stereocenters. The van der Waals surface area contributed by atoms with Gasteiger partial charge in [0, 0.05) is 22.3 Å². The summed E-state index contributed by atoms with van der Waals surface area (Å²) in [5.74, 6) is 0. The van der Waals surface area contributed by atoms with Crippen LogP contribution in [0.15, 0.2) is 35.8 Å². The van der Waals surface area contributed by atoms with E-state index in [4.69, 9.17) is 0 Å². The zero-order valence-corrected chi connectivity index (χ0v) is 12.1. The number of benzene rings is 1. The monoisotopic (exact) mass is 286 g/mol. The molecule has 0 saturated heterocycles. The summed E-state index contributed by atoms with van der Waals surface area (Å²) in [5, 5.41) is 3.57. The zero-order valence-electron chi connectivity index (χ0n) is 10.4. The lowest BCUT2D eigenvalue weighted by Gasteiger charge is -1.99. The molecule has 19 heavy (non-hydrogen) atoms. The van der Waals surface area contributed by atoms with Crippen LogP contribution in [0.1, 0.15) is 17.7 Å². The Balaban J connectivity index is 1.59. The summed E-state index contributed by atoms with van der Waals surface area (Å²) in [4.78, 5) is 7.10. The second-order valence-corrected chi connectivity index (χ2v) is 7.01. The van der Waals surface area contributed by atoms with Crippen molar-refractivity contribution in [1.82, 2.24) is 10.3 Å². The Bertz CT molecular complexity index is 710. The van der Waals surface area contributed by atoms with Crippen molar-refractivity contribution in [3.63, 3.8) is 0 Å². The maximum atomic E-state index is 4.33. The van der Waals surface area contributed by atoms with Gasteiger partial charge in [-0.2, -0.15) is 0 Å². The van der Waals surface area contributed by atoms with Crippen molar-refractivity contribution >= 4 is 32.9 Å². The summed E-state index contributed by atoms with van der Waals surface area (Å²) >= 11 is 3.60. The van der Waals surface area contributed by atoms with E-state index < -0.39 is 0 Å². The fourth-order valence-corrected chi connectivity index (χ4v) is 3.84. The first kappa shape index (κ1) is 11.6. The zero-order chi connectivity index (χ0) is 12.7. The average Bonchev–Trinajstić information content (AvgIpc) is 2.96. The molecule has 0 bridgehead atoms. The minimum absolute atomic E-state index is 0.777. The second kappa shape index (κ2) is 4.71. The summed E-state index contributed by atoms with van der Waals surface area (Å²) in [6, 6.07) is 11.8. The Hall–Kier alpha value is -1.23. The highest BCUT2D eigenvalue weighted by Crippen LogP contribution is 2.31. The Kier molecular flexibility index (Phi) is 2.87. The number of nitrogens with zero attached hydrogens (tertiary/aromatic N) is 1. The van der Waals surface area contributed by atoms with Gasteiger partial charge < -0.3 is 5.32 Å². The van der Waals surface area contributed by atoms with Crippen molar-refractivity contribution in [3.8, 4) is 10.4 Å². The van der Waals surface area contributed by atoms with Crippen molar-refractivity contribution in [1.29, 1.82) is 0 Å². The predicted molar refractivity (Wildman–Crippen MR) is 82.8 cm³/mol. The molecule has 2 aromatic heterocycles. The van der Waals surface area contributed by atoms with Crippen LogP contribution in [0.5, 0.6) is 0 Å². The van der Waals surface area contributed by atoms with Gasteiger partial charge >= 0.3 is 0 Å². The van der Waals surface area contributed by atoms with Crippen LogP contribution in [0.3, 0.4) is 0 Å². The van der Waals surface area contributed by atoms with Gasteiger partial charge in [0.15, 0.2) is 0 Å². The highest BCUT2D eigenvalue weighted by atomic mass is 32.1. The third kappa shape index (κ3) is 2.43. The first-order valence-corrected chi connectivity index (χ1v) is 8.24. The van der Waals surface area contributed by atoms with Crippen LogP contribution >= 0.6 is 22.7 Å². The Morgan fingerprint density at radius 2 is 2.16 bits per heavy atom. The lowest BCUT2D eigenvalue weighted by Crippen LogP contribution is -2.14. The quantitative estimate of drug-likeness (QED) is 0.774. The van der Waals surface area contributed by atoms with Crippen LogP contribution in [-0.2, 0) is 6.54 Å². The fourth-order valence-electron chi connectivity index (χ4n) is 2.17. The van der Waals surface area contributed by atoms with Crippen LogP contribution in [0, 0.1) is 0 Å². The van der Waals surface area contributed by atoms with Crippen LogP contribution in [0.2, 0.25) is 0 Å². The highest BCUT2D eigenvalue weighted by Gasteiger charge is 2.20. The molecule has 0 amide bonds. The summed E-state index contributed by atoms with van der Waals surface area (Å²) in [7, 11) is 0. The molecular formula is C15H14N2S2. The first-order valence-electron chi connectivity index (χ1n) is 6.54. The van der Waals surface area contributed by atoms with E-state index in [0.717, 1.165) is 18.1 Å². The highest BCUT2D eigenvalue weighted by molar-refractivity contribution is 7.17. The lowest BCUT2D eigenvalue weighted by molar-refractivity contribution is 0.695. The van der Waals surface area contributed by atoms with Gasteiger partial charge in [-0.05, 0) is 42.7 Å². The Labute approximate surface area is 120 Å². The molecule has 3 aromatic rings. The van der Waals surface area contributed by atoms with E-state index in [1.165, 1.54) is 32.9 Å². The van der Waals surface area contributed by atoms with Crippen LogP contribution in [0.4, 0.5) is 0 Å². The molecule has 0 radical (unpaired) electrons. The largest absolute Gasteiger partial charge is 0.309 e. The van der Waals surface area contributed by atoms with Gasteiger partial charge in [-0.1, -0.05) is 6.07 Å². The summed E-state index contributed by atoms with van der Waals surface area (Å²) in [5.41, 5.74) is 4.31. The number of hydrogen-bond acceptors (Lipinski definition) is 4. The van der Waals surface area contributed by atoms with Crippen molar-refractivity contribution in [2.45, 2.75) is 25.4 Å². The lowest BCUT2D eigenvalue weighted by atomic mass is 10.2. The molecule has 1 saturated carbocycles. The molecule has 0 unspecified atom stereocenters. The fraction of sp³-hybridized carbons (Fsp3) is 0.267.